The van der Waals surface area contributed by atoms with Crippen molar-refractivity contribution in [2.45, 2.75) is 64.4 Å². The molecule has 90 valence electrons. The lowest BCUT2D eigenvalue weighted by atomic mass is 9.84. The Morgan fingerprint density at radius 3 is 2.47 bits per heavy atom. The van der Waals surface area contributed by atoms with Crippen LogP contribution in [-0.4, -0.2) is 37.5 Å². The Balaban J connectivity index is 2.43. The second kappa shape index (κ2) is 5.28. The Labute approximate surface area is 93.5 Å². The highest BCUT2D eigenvalue weighted by atomic mass is 16.6. The van der Waals surface area contributed by atoms with Gasteiger partial charge in [-0.1, -0.05) is 6.92 Å². The Bertz CT molecular complexity index is 194. The van der Waals surface area contributed by atoms with Crippen LogP contribution >= 0.6 is 0 Å². The zero-order chi connectivity index (χ0) is 11.5. The van der Waals surface area contributed by atoms with E-state index in [-0.39, 0.29) is 17.8 Å². The highest BCUT2D eigenvalue weighted by Gasteiger charge is 2.43. The summed E-state index contributed by atoms with van der Waals surface area (Å²) >= 11 is 0. The average molecular weight is 215 g/mol. The van der Waals surface area contributed by atoms with Crippen LogP contribution in [0.4, 0.5) is 0 Å². The second-order valence-electron chi connectivity index (χ2n) is 4.82. The summed E-state index contributed by atoms with van der Waals surface area (Å²) in [6.07, 6.45) is 2.58. The Kier molecular flexibility index (Phi) is 4.56. The van der Waals surface area contributed by atoms with E-state index in [9.17, 15) is 0 Å². The molecule has 0 spiro atoms. The van der Waals surface area contributed by atoms with Gasteiger partial charge in [-0.25, -0.2) is 0 Å². The monoisotopic (exact) mass is 215 g/mol. The molecule has 0 aromatic heterocycles. The molecule has 0 amide bonds. The van der Waals surface area contributed by atoms with E-state index in [4.69, 9.17) is 9.47 Å². The minimum atomic E-state index is -0.0290. The van der Waals surface area contributed by atoms with Crippen molar-refractivity contribution in [3.8, 4) is 0 Å². The van der Waals surface area contributed by atoms with E-state index in [0.717, 1.165) is 19.4 Å². The Morgan fingerprint density at radius 2 is 2.00 bits per heavy atom. The van der Waals surface area contributed by atoms with E-state index in [1.807, 2.05) is 14.0 Å². The Hall–Kier alpha value is -0.120. The quantitative estimate of drug-likeness (QED) is 0.734. The average Bonchev–Trinajstić information content (AvgIpc) is 2.20. The predicted molar refractivity (Wildman–Crippen MR) is 62.1 cm³/mol. The third-order valence-corrected chi connectivity index (χ3v) is 3.30. The van der Waals surface area contributed by atoms with E-state index < -0.39 is 0 Å². The van der Waals surface area contributed by atoms with Crippen LogP contribution in [0.3, 0.4) is 0 Å². The summed E-state index contributed by atoms with van der Waals surface area (Å²) in [5.41, 5.74) is -0.0290. The standard InChI is InChI=1S/C12H25NO2/c1-6-12(3,4)15-10-8-9(13-5)11(10)14-7-2/h9-11,13H,6-8H2,1-5H3. The van der Waals surface area contributed by atoms with Crippen molar-refractivity contribution >= 4 is 0 Å². The van der Waals surface area contributed by atoms with Crippen LogP contribution in [0.2, 0.25) is 0 Å². The topological polar surface area (TPSA) is 30.5 Å². The van der Waals surface area contributed by atoms with E-state index in [0.29, 0.717) is 6.04 Å². The first-order valence-electron chi connectivity index (χ1n) is 6.00. The second-order valence-corrected chi connectivity index (χ2v) is 4.82. The summed E-state index contributed by atoms with van der Waals surface area (Å²) in [4.78, 5) is 0. The fraction of sp³-hybridized carbons (Fsp3) is 1.00. The van der Waals surface area contributed by atoms with Gasteiger partial charge < -0.3 is 14.8 Å². The summed E-state index contributed by atoms with van der Waals surface area (Å²) in [5.74, 6) is 0. The van der Waals surface area contributed by atoms with Crippen molar-refractivity contribution in [1.82, 2.24) is 5.32 Å². The number of ether oxygens (including phenoxy) is 2. The fourth-order valence-corrected chi connectivity index (χ4v) is 1.89. The number of nitrogens with one attached hydrogen (secondary N) is 1. The highest BCUT2D eigenvalue weighted by molar-refractivity contribution is 4.97. The number of hydrogen-bond acceptors (Lipinski definition) is 3. The van der Waals surface area contributed by atoms with Crippen LogP contribution in [0.5, 0.6) is 0 Å². The molecule has 3 atom stereocenters. The molecule has 1 aliphatic carbocycles. The molecular formula is C12H25NO2. The van der Waals surface area contributed by atoms with Gasteiger partial charge in [-0.3, -0.25) is 0 Å². The van der Waals surface area contributed by atoms with Gasteiger partial charge in [-0.05, 0) is 40.7 Å². The summed E-state index contributed by atoms with van der Waals surface area (Å²) < 4.78 is 11.8. The van der Waals surface area contributed by atoms with E-state index >= 15 is 0 Å². The normalized spacial score (nSPS) is 31.4. The molecule has 0 aliphatic heterocycles. The van der Waals surface area contributed by atoms with E-state index in [2.05, 4.69) is 26.1 Å². The van der Waals surface area contributed by atoms with Gasteiger partial charge in [0.15, 0.2) is 0 Å². The van der Waals surface area contributed by atoms with Crippen LogP contribution < -0.4 is 5.32 Å². The molecule has 1 N–H and O–H groups in total. The van der Waals surface area contributed by atoms with Gasteiger partial charge in [0.05, 0.1) is 17.8 Å². The van der Waals surface area contributed by atoms with Gasteiger partial charge in [-0.2, -0.15) is 0 Å². The molecule has 0 aromatic carbocycles. The molecule has 0 heterocycles. The van der Waals surface area contributed by atoms with Crippen molar-refractivity contribution in [2.75, 3.05) is 13.7 Å². The summed E-state index contributed by atoms with van der Waals surface area (Å²) in [7, 11) is 1.98. The number of likely N-dealkylation sites (N-methyl/N-ethyl adjacent to an activating group) is 1. The Morgan fingerprint density at radius 1 is 1.33 bits per heavy atom. The van der Waals surface area contributed by atoms with Crippen molar-refractivity contribution in [3.63, 3.8) is 0 Å². The highest BCUT2D eigenvalue weighted by Crippen LogP contribution is 2.31. The van der Waals surface area contributed by atoms with E-state index in [1.54, 1.807) is 0 Å². The molecule has 0 bridgehead atoms. The molecule has 1 aliphatic rings. The van der Waals surface area contributed by atoms with Crippen LogP contribution in [0.25, 0.3) is 0 Å². The van der Waals surface area contributed by atoms with Crippen LogP contribution in [0, 0.1) is 0 Å². The van der Waals surface area contributed by atoms with Crippen molar-refractivity contribution < 1.29 is 9.47 Å². The van der Waals surface area contributed by atoms with Crippen molar-refractivity contribution in [1.29, 1.82) is 0 Å². The summed E-state index contributed by atoms with van der Waals surface area (Å²) in [6, 6.07) is 0.461. The zero-order valence-corrected chi connectivity index (χ0v) is 10.7. The van der Waals surface area contributed by atoms with Gasteiger partial charge in [0.2, 0.25) is 0 Å². The molecule has 1 rings (SSSR count). The predicted octanol–water partition coefficient (Wildman–Crippen LogP) is 1.96. The molecule has 3 unspecified atom stereocenters. The fourth-order valence-electron chi connectivity index (χ4n) is 1.89. The maximum atomic E-state index is 6.06. The molecule has 15 heavy (non-hydrogen) atoms. The molecule has 1 fully saturated rings. The molecule has 3 heteroatoms. The molecule has 3 nitrogen and oxygen atoms in total. The maximum absolute atomic E-state index is 6.06. The molecule has 0 saturated heterocycles. The number of rotatable bonds is 6. The first-order valence-corrected chi connectivity index (χ1v) is 6.00. The molecular weight excluding hydrogens is 190 g/mol. The lowest BCUT2D eigenvalue weighted by Crippen LogP contribution is -2.60. The molecule has 0 aromatic rings. The van der Waals surface area contributed by atoms with Gasteiger partial charge >= 0.3 is 0 Å². The first-order chi connectivity index (χ1) is 7.04. The third kappa shape index (κ3) is 3.16. The largest absolute Gasteiger partial charge is 0.374 e. The SMILES string of the molecule is CCOC1C(NC)CC1OC(C)(C)CC. The maximum Gasteiger partial charge on any atom is 0.0990 e. The van der Waals surface area contributed by atoms with E-state index in [1.165, 1.54) is 0 Å². The van der Waals surface area contributed by atoms with Crippen LogP contribution in [-0.2, 0) is 9.47 Å². The minimum Gasteiger partial charge on any atom is -0.374 e. The van der Waals surface area contributed by atoms with Crippen molar-refractivity contribution in [3.05, 3.63) is 0 Å². The molecule has 1 saturated carbocycles. The lowest BCUT2D eigenvalue weighted by molar-refractivity contribution is -0.190. The zero-order valence-electron chi connectivity index (χ0n) is 10.7. The van der Waals surface area contributed by atoms with Crippen LogP contribution in [0.1, 0.15) is 40.5 Å². The van der Waals surface area contributed by atoms with Gasteiger partial charge in [0, 0.05) is 12.6 Å². The smallest absolute Gasteiger partial charge is 0.0990 e. The summed E-state index contributed by atoms with van der Waals surface area (Å²) in [5, 5.41) is 3.27. The van der Waals surface area contributed by atoms with Crippen molar-refractivity contribution in [2.24, 2.45) is 0 Å². The van der Waals surface area contributed by atoms with Crippen LogP contribution in [0.15, 0.2) is 0 Å². The van der Waals surface area contributed by atoms with Gasteiger partial charge in [0.1, 0.15) is 0 Å². The summed E-state index contributed by atoms with van der Waals surface area (Å²) in [6.45, 7) is 9.23. The minimum absolute atomic E-state index is 0.0290. The lowest BCUT2D eigenvalue weighted by Gasteiger charge is -2.46. The van der Waals surface area contributed by atoms with Gasteiger partial charge in [0.25, 0.3) is 0 Å². The first kappa shape index (κ1) is 12.9. The third-order valence-electron chi connectivity index (χ3n) is 3.30. The number of hydrogen-bond donors (Lipinski definition) is 1. The molecule has 0 radical (unpaired) electrons. The van der Waals surface area contributed by atoms with Gasteiger partial charge in [-0.15, -0.1) is 0 Å².